The maximum atomic E-state index is 11.3. The van der Waals surface area contributed by atoms with Gasteiger partial charge in [0.25, 0.3) is 0 Å². The average Bonchev–Trinajstić information content (AvgIpc) is 2.68. The molecule has 0 aliphatic carbocycles. The Morgan fingerprint density at radius 1 is 1.07 bits per heavy atom. The normalized spacial score (nSPS) is 11.6. The fourth-order valence-corrected chi connectivity index (χ4v) is 2.97. The largest absolute Gasteiger partial charge is 0.384 e. The van der Waals surface area contributed by atoms with E-state index in [0.717, 1.165) is 35.3 Å². The molecule has 0 saturated carbocycles. The Morgan fingerprint density at radius 3 is 2.59 bits per heavy atom. The summed E-state index contributed by atoms with van der Waals surface area (Å²) in [6.07, 6.45) is 2.52. The predicted octanol–water partition coefficient (Wildman–Crippen LogP) is 4.21. The SMILES string of the molecule is CC(=O)Nc1cc(-c2ccccc2NCCC(N)c2ccccc2)ccn1. The molecule has 0 saturated heterocycles. The van der Waals surface area contributed by atoms with Crippen LogP contribution in [0.15, 0.2) is 72.9 Å². The van der Waals surface area contributed by atoms with Crippen molar-refractivity contribution in [1.29, 1.82) is 0 Å². The van der Waals surface area contributed by atoms with Gasteiger partial charge in [0.05, 0.1) is 0 Å². The molecule has 0 bridgehead atoms. The van der Waals surface area contributed by atoms with Crippen molar-refractivity contribution in [2.45, 2.75) is 19.4 Å². The number of nitrogens with two attached hydrogens (primary N) is 1. The number of hydrogen-bond donors (Lipinski definition) is 3. The van der Waals surface area contributed by atoms with E-state index in [1.54, 1.807) is 6.20 Å². The van der Waals surface area contributed by atoms with Crippen LogP contribution in [0.2, 0.25) is 0 Å². The molecule has 3 rings (SSSR count). The number of nitrogens with zero attached hydrogens (tertiary/aromatic N) is 1. The lowest BCUT2D eigenvalue weighted by Crippen LogP contribution is -2.15. The fourth-order valence-electron chi connectivity index (χ4n) is 2.97. The van der Waals surface area contributed by atoms with E-state index in [1.165, 1.54) is 6.92 Å². The van der Waals surface area contributed by atoms with E-state index in [4.69, 9.17) is 5.73 Å². The molecular weight excluding hydrogens is 336 g/mol. The van der Waals surface area contributed by atoms with Gasteiger partial charge in [0.15, 0.2) is 0 Å². The highest BCUT2D eigenvalue weighted by molar-refractivity contribution is 5.89. The van der Waals surface area contributed by atoms with Crippen LogP contribution in [0.25, 0.3) is 11.1 Å². The van der Waals surface area contributed by atoms with Gasteiger partial charge in [-0.05, 0) is 35.7 Å². The van der Waals surface area contributed by atoms with E-state index in [2.05, 4.69) is 27.8 Å². The second-order valence-corrected chi connectivity index (χ2v) is 6.39. The lowest BCUT2D eigenvalue weighted by Gasteiger charge is -2.16. The van der Waals surface area contributed by atoms with Gasteiger partial charge < -0.3 is 16.4 Å². The van der Waals surface area contributed by atoms with Gasteiger partial charge in [-0.25, -0.2) is 4.98 Å². The van der Waals surface area contributed by atoms with Gasteiger partial charge >= 0.3 is 0 Å². The number of nitrogens with one attached hydrogen (secondary N) is 2. The van der Waals surface area contributed by atoms with Crippen molar-refractivity contribution in [1.82, 2.24) is 4.98 Å². The molecule has 3 aromatic rings. The van der Waals surface area contributed by atoms with Crippen LogP contribution in [-0.2, 0) is 4.79 Å². The minimum atomic E-state index is -0.138. The maximum Gasteiger partial charge on any atom is 0.222 e. The topological polar surface area (TPSA) is 80.0 Å². The molecule has 0 aliphatic rings. The van der Waals surface area contributed by atoms with E-state index < -0.39 is 0 Å². The highest BCUT2D eigenvalue weighted by Gasteiger charge is 2.08. The van der Waals surface area contributed by atoms with Gasteiger partial charge in [0, 0.05) is 37.0 Å². The summed E-state index contributed by atoms with van der Waals surface area (Å²) in [4.78, 5) is 15.5. The lowest BCUT2D eigenvalue weighted by atomic mass is 10.0. The zero-order chi connectivity index (χ0) is 19.1. The summed E-state index contributed by atoms with van der Waals surface area (Å²) in [6.45, 7) is 2.23. The van der Waals surface area contributed by atoms with E-state index in [-0.39, 0.29) is 11.9 Å². The van der Waals surface area contributed by atoms with E-state index >= 15 is 0 Å². The number of hydrogen-bond acceptors (Lipinski definition) is 4. The number of anilines is 2. The van der Waals surface area contributed by atoms with Crippen LogP contribution in [0, 0.1) is 0 Å². The third-order valence-electron chi connectivity index (χ3n) is 4.30. The summed E-state index contributed by atoms with van der Waals surface area (Å²) < 4.78 is 0. The molecule has 27 heavy (non-hydrogen) atoms. The first-order valence-electron chi connectivity index (χ1n) is 9.01. The molecule has 0 fully saturated rings. The van der Waals surface area contributed by atoms with E-state index in [0.29, 0.717) is 5.82 Å². The summed E-state index contributed by atoms with van der Waals surface area (Å²) in [7, 11) is 0. The Balaban J connectivity index is 1.70. The van der Waals surface area contributed by atoms with Gasteiger partial charge in [-0.15, -0.1) is 0 Å². The highest BCUT2D eigenvalue weighted by Crippen LogP contribution is 2.29. The van der Waals surface area contributed by atoms with E-state index in [9.17, 15) is 4.79 Å². The second-order valence-electron chi connectivity index (χ2n) is 6.39. The number of amides is 1. The molecule has 0 aliphatic heterocycles. The number of benzene rings is 2. The molecule has 0 radical (unpaired) electrons. The fraction of sp³-hybridized carbons (Fsp3) is 0.182. The van der Waals surface area contributed by atoms with Crippen LogP contribution in [0.5, 0.6) is 0 Å². The van der Waals surface area contributed by atoms with Crippen molar-refractivity contribution in [3.05, 3.63) is 78.5 Å². The number of rotatable bonds is 7. The minimum Gasteiger partial charge on any atom is -0.384 e. The summed E-state index contributed by atoms with van der Waals surface area (Å²) in [6, 6.07) is 22.0. The molecule has 0 spiro atoms. The zero-order valence-corrected chi connectivity index (χ0v) is 15.4. The summed E-state index contributed by atoms with van der Waals surface area (Å²) in [5, 5.41) is 6.21. The highest BCUT2D eigenvalue weighted by atomic mass is 16.1. The van der Waals surface area contributed by atoms with Gasteiger partial charge in [-0.1, -0.05) is 48.5 Å². The lowest BCUT2D eigenvalue weighted by molar-refractivity contribution is -0.114. The van der Waals surface area contributed by atoms with Crippen LogP contribution in [0.4, 0.5) is 11.5 Å². The van der Waals surface area contributed by atoms with Crippen molar-refractivity contribution in [3.8, 4) is 11.1 Å². The van der Waals surface area contributed by atoms with Crippen molar-refractivity contribution < 1.29 is 4.79 Å². The van der Waals surface area contributed by atoms with Crippen LogP contribution in [0.3, 0.4) is 0 Å². The molecule has 5 heteroatoms. The van der Waals surface area contributed by atoms with Crippen LogP contribution in [-0.4, -0.2) is 17.4 Å². The van der Waals surface area contributed by atoms with Crippen molar-refractivity contribution in [3.63, 3.8) is 0 Å². The molecule has 5 nitrogen and oxygen atoms in total. The van der Waals surface area contributed by atoms with Crippen LogP contribution >= 0.6 is 0 Å². The molecule has 1 atom stereocenters. The molecule has 1 amide bonds. The van der Waals surface area contributed by atoms with Gasteiger partial charge in [0.1, 0.15) is 5.82 Å². The standard InChI is InChI=1S/C22H24N4O/c1-16(27)26-22-15-18(11-13-25-22)19-9-5-6-10-21(19)24-14-12-20(23)17-7-3-2-4-8-17/h2-11,13,15,20,24H,12,14,23H2,1H3,(H,25,26,27). The van der Waals surface area contributed by atoms with E-state index in [1.807, 2.05) is 54.6 Å². The van der Waals surface area contributed by atoms with Crippen molar-refractivity contribution >= 4 is 17.4 Å². The first-order valence-corrected chi connectivity index (χ1v) is 9.01. The monoisotopic (exact) mass is 360 g/mol. The summed E-state index contributed by atoms with van der Waals surface area (Å²) in [5.41, 5.74) is 10.5. The summed E-state index contributed by atoms with van der Waals surface area (Å²) in [5.74, 6) is 0.405. The number of carbonyl (C=O) groups is 1. The smallest absolute Gasteiger partial charge is 0.222 e. The van der Waals surface area contributed by atoms with Gasteiger partial charge in [-0.3, -0.25) is 4.79 Å². The number of para-hydroxylation sites is 1. The molecule has 138 valence electrons. The van der Waals surface area contributed by atoms with Gasteiger partial charge in [-0.2, -0.15) is 0 Å². The zero-order valence-electron chi connectivity index (χ0n) is 15.4. The second kappa shape index (κ2) is 8.96. The molecule has 1 heterocycles. The van der Waals surface area contributed by atoms with Gasteiger partial charge in [0.2, 0.25) is 5.91 Å². The molecule has 1 aromatic heterocycles. The van der Waals surface area contributed by atoms with Crippen molar-refractivity contribution in [2.75, 3.05) is 17.2 Å². The predicted molar refractivity (Wildman–Crippen MR) is 110 cm³/mol. The molecule has 4 N–H and O–H groups in total. The third kappa shape index (κ3) is 5.15. The van der Waals surface area contributed by atoms with Crippen LogP contribution in [0.1, 0.15) is 24.9 Å². The molecule has 1 unspecified atom stereocenters. The number of pyridine rings is 1. The first kappa shape index (κ1) is 18.6. The number of carbonyl (C=O) groups excluding carboxylic acids is 1. The Labute approximate surface area is 159 Å². The summed E-state index contributed by atoms with van der Waals surface area (Å²) >= 11 is 0. The molecular formula is C22H24N4O. The Kier molecular flexibility index (Phi) is 6.18. The average molecular weight is 360 g/mol. The Morgan fingerprint density at radius 2 is 1.81 bits per heavy atom. The quantitative estimate of drug-likeness (QED) is 0.590. The molecule has 2 aromatic carbocycles. The minimum absolute atomic E-state index is 0.00171. The first-order chi connectivity index (χ1) is 13.1. The Hall–Kier alpha value is -3.18. The maximum absolute atomic E-state index is 11.3. The number of aromatic nitrogens is 1. The third-order valence-corrected chi connectivity index (χ3v) is 4.30. The van der Waals surface area contributed by atoms with Crippen LogP contribution < -0.4 is 16.4 Å². The Bertz CT molecular complexity index is 896. The van der Waals surface area contributed by atoms with Crippen molar-refractivity contribution in [2.24, 2.45) is 5.73 Å².